The summed E-state index contributed by atoms with van der Waals surface area (Å²) in [4.78, 5) is 10.2. The van der Waals surface area contributed by atoms with Crippen LogP contribution in [0.2, 0.25) is 0 Å². The maximum atomic E-state index is 5.09. The zero-order chi connectivity index (χ0) is 33.0. The van der Waals surface area contributed by atoms with Crippen LogP contribution in [0.15, 0.2) is 176 Å². The SMILES string of the molecule is c1ccc(-c2ccc3c4ccc5sc6ccccc6c5c4n(-c4ccc(-c5nc(-c6ccccc6)cc(-c6ccccc6)n5)cc4)c3c2)cc1. The minimum absolute atomic E-state index is 0.705. The van der Waals surface area contributed by atoms with Gasteiger partial charge < -0.3 is 4.57 Å². The number of thiophene rings is 1. The average molecular weight is 656 g/mol. The van der Waals surface area contributed by atoms with Gasteiger partial charge in [-0.2, -0.15) is 0 Å². The Labute approximate surface area is 293 Å². The largest absolute Gasteiger partial charge is 0.309 e. The van der Waals surface area contributed by atoms with Crippen LogP contribution < -0.4 is 0 Å². The van der Waals surface area contributed by atoms with E-state index in [0.717, 1.165) is 33.8 Å². The standard InChI is InChI=1S/C46H29N3S/c1-4-12-30(13-5-1)34-22-25-36-37-26-27-43-44(38-18-10-11-19-42(38)50-43)45(37)49(41(36)28-34)35-23-20-33(21-24-35)46-47-39(31-14-6-2-7-15-31)29-40(48-46)32-16-8-3-9-17-32/h1-29H. The Morgan fingerprint density at radius 3 is 1.66 bits per heavy atom. The molecule has 0 aliphatic heterocycles. The molecule has 0 atom stereocenters. The number of benzene rings is 7. The van der Waals surface area contributed by atoms with E-state index in [1.54, 1.807) is 0 Å². The summed E-state index contributed by atoms with van der Waals surface area (Å²) >= 11 is 1.86. The highest BCUT2D eigenvalue weighted by Gasteiger charge is 2.19. The molecule has 0 saturated heterocycles. The molecule has 0 radical (unpaired) electrons. The van der Waals surface area contributed by atoms with Crippen LogP contribution in [0.1, 0.15) is 0 Å². The van der Waals surface area contributed by atoms with Crippen molar-refractivity contribution >= 4 is 53.3 Å². The van der Waals surface area contributed by atoms with Crippen LogP contribution >= 0.6 is 11.3 Å². The molecule has 0 saturated carbocycles. The zero-order valence-corrected chi connectivity index (χ0v) is 27.8. The lowest BCUT2D eigenvalue weighted by molar-refractivity contribution is 1.17. The minimum Gasteiger partial charge on any atom is -0.309 e. The molecule has 10 rings (SSSR count). The lowest BCUT2D eigenvalue weighted by Gasteiger charge is -2.12. The van der Waals surface area contributed by atoms with E-state index in [1.807, 2.05) is 23.5 Å². The molecule has 0 bridgehead atoms. The fourth-order valence-electron chi connectivity index (χ4n) is 7.24. The lowest BCUT2D eigenvalue weighted by Crippen LogP contribution is -1.97. The van der Waals surface area contributed by atoms with Gasteiger partial charge >= 0.3 is 0 Å². The predicted molar refractivity (Wildman–Crippen MR) is 211 cm³/mol. The Morgan fingerprint density at radius 2 is 0.980 bits per heavy atom. The second-order valence-corrected chi connectivity index (χ2v) is 13.7. The quantitative estimate of drug-likeness (QED) is 0.185. The van der Waals surface area contributed by atoms with Crippen molar-refractivity contribution in [1.82, 2.24) is 14.5 Å². The molecule has 0 aliphatic rings. The Bertz CT molecular complexity index is 2780. The molecule has 0 N–H and O–H groups in total. The maximum absolute atomic E-state index is 5.09. The fourth-order valence-corrected chi connectivity index (χ4v) is 8.35. The molecule has 0 unspecified atom stereocenters. The lowest BCUT2D eigenvalue weighted by atomic mass is 10.0. The van der Waals surface area contributed by atoms with E-state index in [-0.39, 0.29) is 0 Å². The molecule has 3 nitrogen and oxygen atoms in total. The summed E-state index contributed by atoms with van der Waals surface area (Å²) in [6.45, 7) is 0. The van der Waals surface area contributed by atoms with Gasteiger partial charge in [-0.05, 0) is 59.7 Å². The number of aromatic nitrogens is 3. The normalized spacial score (nSPS) is 11.6. The van der Waals surface area contributed by atoms with Gasteiger partial charge in [0.15, 0.2) is 5.82 Å². The molecule has 0 fully saturated rings. The van der Waals surface area contributed by atoms with Gasteiger partial charge in [-0.1, -0.05) is 127 Å². The first-order chi connectivity index (χ1) is 24.8. The Hall–Kier alpha value is -6.36. The van der Waals surface area contributed by atoms with E-state index in [1.165, 1.54) is 53.1 Å². The smallest absolute Gasteiger partial charge is 0.160 e. The summed E-state index contributed by atoms with van der Waals surface area (Å²) < 4.78 is 5.05. The van der Waals surface area contributed by atoms with Crippen LogP contribution in [0.3, 0.4) is 0 Å². The third-order valence-electron chi connectivity index (χ3n) is 9.62. The summed E-state index contributed by atoms with van der Waals surface area (Å²) in [5.41, 5.74) is 10.8. The van der Waals surface area contributed by atoms with E-state index < -0.39 is 0 Å². The van der Waals surface area contributed by atoms with Gasteiger partial charge in [0.1, 0.15) is 0 Å². The van der Waals surface area contributed by atoms with Crippen molar-refractivity contribution in [3.8, 4) is 50.7 Å². The van der Waals surface area contributed by atoms with E-state index in [0.29, 0.717) is 5.82 Å². The average Bonchev–Trinajstić information content (AvgIpc) is 3.74. The third kappa shape index (κ3) is 4.73. The summed E-state index contributed by atoms with van der Waals surface area (Å²) in [6.07, 6.45) is 0. The topological polar surface area (TPSA) is 30.7 Å². The highest BCUT2D eigenvalue weighted by Crippen LogP contribution is 2.44. The van der Waals surface area contributed by atoms with Crippen LogP contribution in [0.25, 0.3) is 92.7 Å². The van der Waals surface area contributed by atoms with Crippen molar-refractivity contribution < 1.29 is 0 Å². The van der Waals surface area contributed by atoms with E-state index in [2.05, 4.69) is 168 Å². The predicted octanol–water partition coefficient (Wildman–Crippen LogP) is 12.6. The number of rotatable bonds is 5. The molecular formula is C46H29N3S. The van der Waals surface area contributed by atoms with E-state index >= 15 is 0 Å². The van der Waals surface area contributed by atoms with Gasteiger partial charge in [0, 0.05) is 53.3 Å². The number of hydrogen-bond acceptors (Lipinski definition) is 3. The number of nitrogens with zero attached hydrogens (tertiary/aromatic N) is 3. The first-order valence-electron chi connectivity index (χ1n) is 16.8. The van der Waals surface area contributed by atoms with Gasteiger partial charge in [0.05, 0.1) is 22.4 Å². The van der Waals surface area contributed by atoms with Gasteiger partial charge in [-0.15, -0.1) is 11.3 Å². The van der Waals surface area contributed by atoms with Gasteiger partial charge in [0.2, 0.25) is 0 Å². The van der Waals surface area contributed by atoms with Crippen LogP contribution in [0.5, 0.6) is 0 Å². The second-order valence-electron chi connectivity index (χ2n) is 12.6. The van der Waals surface area contributed by atoms with Crippen LogP contribution in [0.4, 0.5) is 0 Å². The van der Waals surface area contributed by atoms with Crippen molar-refractivity contribution in [1.29, 1.82) is 0 Å². The Balaban J connectivity index is 1.20. The Morgan fingerprint density at radius 1 is 0.400 bits per heavy atom. The summed E-state index contributed by atoms with van der Waals surface area (Å²) in [5, 5.41) is 5.09. The van der Waals surface area contributed by atoms with Gasteiger partial charge in [-0.3, -0.25) is 0 Å². The fraction of sp³-hybridized carbons (Fsp3) is 0. The third-order valence-corrected chi connectivity index (χ3v) is 10.8. The highest BCUT2D eigenvalue weighted by atomic mass is 32.1. The van der Waals surface area contributed by atoms with Gasteiger partial charge in [-0.25, -0.2) is 9.97 Å². The number of fused-ring (bicyclic) bond motifs is 7. The van der Waals surface area contributed by atoms with Gasteiger partial charge in [0.25, 0.3) is 0 Å². The van der Waals surface area contributed by atoms with Crippen LogP contribution in [0, 0.1) is 0 Å². The molecule has 234 valence electrons. The molecule has 10 aromatic rings. The molecule has 3 aromatic heterocycles. The first-order valence-corrected chi connectivity index (χ1v) is 17.6. The van der Waals surface area contributed by atoms with Crippen molar-refractivity contribution in [3.63, 3.8) is 0 Å². The first kappa shape index (κ1) is 28.6. The monoisotopic (exact) mass is 655 g/mol. The van der Waals surface area contributed by atoms with Crippen molar-refractivity contribution in [2.75, 3.05) is 0 Å². The van der Waals surface area contributed by atoms with Crippen LogP contribution in [-0.4, -0.2) is 14.5 Å². The van der Waals surface area contributed by atoms with Crippen molar-refractivity contribution in [2.45, 2.75) is 0 Å². The summed E-state index contributed by atoms with van der Waals surface area (Å²) in [5.74, 6) is 0.705. The minimum atomic E-state index is 0.705. The summed E-state index contributed by atoms with van der Waals surface area (Å²) in [7, 11) is 0. The molecule has 50 heavy (non-hydrogen) atoms. The molecule has 3 heterocycles. The number of hydrogen-bond donors (Lipinski definition) is 0. The Kier molecular flexibility index (Phi) is 6.68. The molecule has 4 heteroatoms. The van der Waals surface area contributed by atoms with Crippen molar-refractivity contribution in [2.24, 2.45) is 0 Å². The zero-order valence-electron chi connectivity index (χ0n) is 27.0. The molecule has 0 spiro atoms. The van der Waals surface area contributed by atoms with Crippen LogP contribution in [-0.2, 0) is 0 Å². The molecular weight excluding hydrogens is 627 g/mol. The highest BCUT2D eigenvalue weighted by molar-refractivity contribution is 7.26. The second kappa shape index (κ2) is 11.7. The van der Waals surface area contributed by atoms with E-state index in [9.17, 15) is 0 Å². The molecule has 7 aromatic carbocycles. The molecule has 0 amide bonds. The van der Waals surface area contributed by atoms with E-state index in [4.69, 9.17) is 9.97 Å². The van der Waals surface area contributed by atoms with Crippen molar-refractivity contribution in [3.05, 3.63) is 176 Å². The molecule has 0 aliphatic carbocycles. The maximum Gasteiger partial charge on any atom is 0.160 e. The summed E-state index contributed by atoms with van der Waals surface area (Å²) in [6, 6.07) is 62.4.